The molecule has 3 aliphatic rings. The van der Waals surface area contributed by atoms with Crippen LogP contribution in [-0.4, -0.2) is 48.2 Å². The van der Waals surface area contributed by atoms with Gasteiger partial charge in [-0.15, -0.1) is 0 Å². The minimum Gasteiger partial charge on any atom is -0.484 e. The molecule has 3 fully saturated rings. The molecule has 2 amide bonds. The van der Waals surface area contributed by atoms with Gasteiger partial charge in [0.2, 0.25) is 0 Å². The second-order valence-corrected chi connectivity index (χ2v) is 10.4. The minimum absolute atomic E-state index is 0.0531. The molecule has 8 nitrogen and oxygen atoms in total. The van der Waals surface area contributed by atoms with Crippen molar-refractivity contribution in [1.82, 2.24) is 10.6 Å². The van der Waals surface area contributed by atoms with Crippen LogP contribution in [0.2, 0.25) is 10.0 Å². The zero-order valence-corrected chi connectivity index (χ0v) is 22.0. The number of nitrogens with one attached hydrogen (secondary N) is 2. The Bertz CT molecular complexity index is 1240. The van der Waals surface area contributed by atoms with Crippen molar-refractivity contribution in [2.75, 3.05) is 13.2 Å². The minimum atomic E-state index is -0.832. The van der Waals surface area contributed by atoms with Crippen LogP contribution in [0, 0.1) is 11.6 Å². The van der Waals surface area contributed by atoms with Gasteiger partial charge >= 0.3 is 5.97 Å². The molecule has 2 aromatic carbocycles. The van der Waals surface area contributed by atoms with Crippen molar-refractivity contribution < 1.29 is 37.4 Å². The number of carbonyl (C=O) groups is 3. The molecule has 0 spiro atoms. The second-order valence-electron chi connectivity index (χ2n) is 9.56. The Kier molecular flexibility index (Phi) is 8.32. The van der Waals surface area contributed by atoms with Crippen LogP contribution in [0.1, 0.15) is 39.0 Å². The highest BCUT2D eigenvalue weighted by molar-refractivity contribution is 6.31. The Hall–Kier alpha value is -3.11. The van der Waals surface area contributed by atoms with Crippen LogP contribution in [0.25, 0.3) is 0 Å². The Labute approximate surface area is 227 Å². The van der Waals surface area contributed by atoms with Gasteiger partial charge in [0.05, 0.1) is 15.6 Å². The molecule has 2 aromatic rings. The Morgan fingerprint density at radius 1 is 0.868 bits per heavy atom. The fraction of sp³-hybridized carbons (Fsp3) is 0.423. The van der Waals surface area contributed by atoms with Gasteiger partial charge < -0.3 is 24.8 Å². The standard InChI is InChI=1S/C26H26Cl2F2N2O6/c1-15(33)38-22-12-25(31-23(34)13-36-16-2-4-18(27)20(29)10-16)6-8-26(22,9-7-25)32-24(35)14-37-17-3-5-19(28)21(30)11-17/h2-5,10-11,22H,6-9,12-14H2,1H3,(H,31,34)(H,32,35)/t22-,25?,26?/m0/s1. The normalized spacial score (nSPS) is 23.9. The van der Waals surface area contributed by atoms with E-state index in [0.29, 0.717) is 25.7 Å². The summed E-state index contributed by atoms with van der Waals surface area (Å²) < 4.78 is 43.6. The van der Waals surface area contributed by atoms with Crippen LogP contribution in [0.5, 0.6) is 11.5 Å². The fourth-order valence-corrected chi connectivity index (χ4v) is 5.30. The number of rotatable bonds is 9. The Morgan fingerprint density at radius 3 is 1.84 bits per heavy atom. The summed E-state index contributed by atoms with van der Waals surface area (Å²) in [4.78, 5) is 37.3. The first-order chi connectivity index (χ1) is 18.0. The van der Waals surface area contributed by atoms with Gasteiger partial charge in [-0.2, -0.15) is 0 Å². The zero-order valence-electron chi connectivity index (χ0n) is 20.5. The number of esters is 1. The van der Waals surface area contributed by atoms with E-state index < -0.39 is 46.6 Å². The summed E-state index contributed by atoms with van der Waals surface area (Å²) in [7, 11) is 0. The summed E-state index contributed by atoms with van der Waals surface area (Å²) in [6.45, 7) is 0.562. The van der Waals surface area contributed by atoms with Crippen molar-refractivity contribution in [2.45, 2.75) is 56.2 Å². The average Bonchev–Trinajstić information content (AvgIpc) is 2.86. The third-order valence-electron chi connectivity index (χ3n) is 6.91. The number of carbonyl (C=O) groups excluding carboxylic acids is 3. The Balaban J connectivity index is 1.36. The molecule has 3 aliphatic carbocycles. The lowest BCUT2D eigenvalue weighted by atomic mass is 9.59. The summed E-state index contributed by atoms with van der Waals surface area (Å²) in [5, 5.41) is 5.83. The molecule has 0 radical (unpaired) electrons. The van der Waals surface area contributed by atoms with Crippen molar-refractivity contribution in [3.63, 3.8) is 0 Å². The number of hydrogen-bond donors (Lipinski definition) is 2. The summed E-state index contributed by atoms with van der Waals surface area (Å²) >= 11 is 11.3. The van der Waals surface area contributed by atoms with Crippen LogP contribution in [0.3, 0.4) is 0 Å². The lowest BCUT2D eigenvalue weighted by Gasteiger charge is -2.57. The predicted molar refractivity (Wildman–Crippen MR) is 134 cm³/mol. The largest absolute Gasteiger partial charge is 0.484 e. The first-order valence-corrected chi connectivity index (χ1v) is 12.7. The molecule has 0 unspecified atom stereocenters. The van der Waals surface area contributed by atoms with E-state index in [0.717, 1.165) is 12.1 Å². The topological polar surface area (TPSA) is 103 Å². The molecule has 38 heavy (non-hydrogen) atoms. The summed E-state index contributed by atoms with van der Waals surface area (Å²) in [5.74, 6) is -2.40. The van der Waals surface area contributed by atoms with E-state index in [1.165, 1.54) is 31.2 Å². The van der Waals surface area contributed by atoms with Gasteiger partial charge in [-0.3, -0.25) is 14.4 Å². The Morgan fingerprint density at radius 2 is 1.37 bits per heavy atom. The average molecular weight is 571 g/mol. The second kappa shape index (κ2) is 11.3. The molecule has 204 valence electrons. The van der Waals surface area contributed by atoms with E-state index in [4.69, 9.17) is 37.4 Å². The molecule has 12 heteroatoms. The van der Waals surface area contributed by atoms with Crippen LogP contribution in [0.15, 0.2) is 36.4 Å². The van der Waals surface area contributed by atoms with Gasteiger partial charge in [-0.05, 0) is 49.9 Å². The number of fused-ring (bicyclic) bond motifs is 3. The number of ether oxygens (including phenoxy) is 3. The molecule has 0 heterocycles. The maximum absolute atomic E-state index is 13.6. The number of amides is 2. The quantitative estimate of drug-likeness (QED) is 0.434. The van der Waals surface area contributed by atoms with Gasteiger partial charge in [0.25, 0.3) is 11.8 Å². The number of benzene rings is 2. The number of hydrogen-bond acceptors (Lipinski definition) is 6. The fourth-order valence-electron chi connectivity index (χ4n) is 5.06. The first kappa shape index (κ1) is 27.9. The molecule has 3 saturated carbocycles. The van der Waals surface area contributed by atoms with E-state index in [1.54, 1.807) is 0 Å². The van der Waals surface area contributed by atoms with Gasteiger partial charge in [0.1, 0.15) is 29.2 Å². The molecule has 0 saturated heterocycles. The first-order valence-electron chi connectivity index (χ1n) is 11.9. The van der Waals surface area contributed by atoms with Crippen molar-refractivity contribution in [3.05, 3.63) is 58.1 Å². The van der Waals surface area contributed by atoms with Crippen molar-refractivity contribution in [3.8, 4) is 11.5 Å². The highest BCUT2D eigenvalue weighted by Crippen LogP contribution is 2.48. The lowest BCUT2D eigenvalue weighted by Crippen LogP contribution is -2.71. The maximum atomic E-state index is 13.6. The number of halogens is 4. The zero-order chi connectivity index (χ0) is 27.5. The lowest BCUT2D eigenvalue weighted by molar-refractivity contribution is -0.164. The predicted octanol–water partition coefficient (Wildman–Crippen LogP) is 4.35. The van der Waals surface area contributed by atoms with Crippen LogP contribution < -0.4 is 20.1 Å². The maximum Gasteiger partial charge on any atom is 0.302 e. The molecule has 2 bridgehead atoms. The molecule has 1 atom stereocenters. The highest BCUT2D eigenvalue weighted by Gasteiger charge is 2.57. The third kappa shape index (κ3) is 6.47. The van der Waals surface area contributed by atoms with Gasteiger partial charge in [-0.25, -0.2) is 8.78 Å². The van der Waals surface area contributed by atoms with E-state index in [2.05, 4.69) is 10.6 Å². The molecule has 0 aliphatic heterocycles. The van der Waals surface area contributed by atoms with Crippen LogP contribution in [-0.2, 0) is 19.1 Å². The van der Waals surface area contributed by atoms with E-state index >= 15 is 0 Å². The van der Waals surface area contributed by atoms with Crippen LogP contribution in [0.4, 0.5) is 8.78 Å². The van der Waals surface area contributed by atoms with Gasteiger partial charge in [-0.1, -0.05) is 23.2 Å². The van der Waals surface area contributed by atoms with Gasteiger partial charge in [0, 0.05) is 31.0 Å². The van der Waals surface area contributed by atoms with Crippen molar-refractivity contribution in [1.29, 1.82) is 0 Å². The molecular formula is C26H26Cl2F2N2O6. The molecule has 0 aromatic heterocycles. The summed E-state index contributed by atoms with van der Waals surface area (Å²) in [6, 6.07) is 7.75. The summed E-state index contributed by atoms with van der Waals surface area (Å²) in [6.07, 6.45) is 1.53. The smallest absolute Gasteiger partial charge is 0.302 e. The van der Waals surface area contributed by atoms with Crippen molar-refractivity contribution in [2.24, 2.45) is 0 Å². The molecular weight excluding hydrogens is 545 g/mol. The van der Waals surface area contributed by atoms with E-state index in [1.807, 2.05) is 0 Å². The molecule has 5 rings (SSSR count). The monoisotopic (exact) mass is 570 g/mol. The van der Waals surface area contributed by atoms with E-state index in [9.17, 15) is 23.2 Å². The summed E-state index contributed by atoms with van der Waals surface area (Å²) in [5.41, 5.74) is -1.49. The SMILES string of the molecule is CC(=O)O[C@H]1CC2(NC(=O)COc3ccc(Cl)c(F)c3)CCC1(NC(=O)COc1ccc(Cl)c(F)c1)CC2. The highest BCUT2D eigenvalue weighted by atomic mass is 35.5. The van der Waals surface area contributed by atoms with Crippen LogP contribution >= 0.6 is 23.2 Å². The van der Waals surface area contributed by atoms with E-state index in [-0.39, 0.29) is 41.2 Å². The third-order valence-corrected chi connectivity index (χ3v) is 7.53. The molecule has 2 N–H and O–H groups in total. The van der Waals surface area contributed by atoms with Gasteiger partial charge in [0.15, 0.2) is 13.2 Å². The van der Waals surface area contributed by atoms with Crippen molar-refractivity contribution >= 4 is 41.0 Å².